The zero-order chi connectivity index (χ0) is 12.1. The maximum atomic E-state index is 5.22. The summed E-state index contributed by atoms with van der Waals surface area (Å²) >= 11 is 2.08. The average molecular weight is 251 g/mol. The van der Waals surface area contributed by atoms with Crippen molar-refractivity contribution in [3.05, 3.63) is 29.8 Å². The van der Waals surface area contributed by atoms with Crippen LogP contribution in [0.5, 0.6) is 5.75 Å². The van der Waals surface area contributed by atoms with E-state index in [0.717, 1.165) is 24.0 Å². The highest BCUT2D eigenvalue weighted by Crippen LogP contribution is 2.25. The fraction of sp³-hybridized carbons (Fsp3) is 0.571. The number of benzene rings is 1. The van der Waals surface area contributed by atoms with Crippen molar-refractivity contribution in [3.8, 4) is 5.75 Å². The number of rotatable bonds is 5. The van der Waals surface area contributed by atoms with Crippen molar-refractivity contribution in [2.24, 2.45) is 0 Å². The van der Waals surface area contributed by atoms with Crippen LogP contribution in [0.1, 0.15) is 18.9 Å². The molecule has 94 valence electrons. The second kappa shape index (κ2) is 6.31. The predicted octanol–water partition coefficient (Wildman–Crippen LogP) is 2.72. The number of ether oxygens (including phenoxy) is 1. The van der Waals surface area contributed by atoms with Crippen molar-refractivity contribution < 1.29 is 4.74 Å². The van der Waals surface area contributed by atoms with Crippen LogP contribution in [0.3, 0.4) is 0 Å². The molecule has 0 saturated carbocycles. The van der Waals surface area contributed by atoms with Gasteiger partial charge in [-0.3, -0.25) is 0 Å². The molecule has 0 aromatic heterocycles. The van der Waals surface area contributed by atoms with Crippen molar-refractivity contribution in [1.29, 1.82) is 0 Å². The molecule has 2 unspecified atom stereocenters. The van der Waals surface area contributed by atoms with Gasteiger partial charge in [-0.1, -0.05) is 19.1 Å². The van der Waals surface area contributed by atoms with Gasteiger partial charge in [0.15, 0.2) is 0 Å². The minimum absolute atomic E-state index is 0.709. The first-order chi connectivity index (χ1) is 8.28. The Hall–Kier alpha value is -0.670. The van der Waals surface area contributed by atoms with E-state index in [1.807, 2.05) is 6.07 Å². The van der Waals surface area contributed by atoms with Gasteiger partial charge in [0.25, 0.3) is 0 Å². The lowest BCUT2D eigenvalue weighted by Crippen LogP contribution is -2.30. The Morgan fingerprint density at radius 1 is 1.47 bits per heavy atom. The van der Waals surface area contributed by atoms with Crippen molar-refractivity contribution in [2.75, 3.05) is 19.4 Å². The molecule has 1 aromatic rings. The monoisotopic (exact) mass is 251 g/mol. The largest absolute Gasteiger partial charge is 0.497 e. The number of nitrogens with one attached hydrogen (secondary N) is 1. The third kappa shape index (κ3) is 3.93. The topological polar surface area (TPSA) is 21.3 Å². The Balaban J connectivity index is 1.74. The molecule has 2 rings (SSSR count). The quantitative estimate of drug-likeness (QED) is 0.869. The van der Waals surface area contributed by atoms with E-state index in [1.54, 1.807) is 7.11 Å². The molecule has 1 saturated heterocycles. The lowest BCUT2D eigenvalue weighted by molar-refractivity contribution is 0.414. The molecule has 1 aliphatic rings. The summed E-state index contributed by atoms with van der Waals surface area (Å²) < 4.78 is 5.22. The van der Waals surface area contributed by atoms with Crippen LogP contribution in [0.2, 0.25) is 0 Å². The summed E-state index contributed by atoms with van der Waals surface area (Å²) in [6.07, 6.45) is 2.38. The molecule has 0 radical (unpaired) electrons. The fourth-order valence-electron chi connectivity index (χ4n) is 2.21. The number of hydrogen-bond donors (Lipinski definition) is 1. The third-order valence-electron chi connectivity index (χ3n) is 3.18. The highest BCUT2D eigenvalue weighted by molar-refractivity contribution is 8.00. The fourth-order valence-corrected chi connectivity index (χ4v) is 3.39. The van der Waals surface area contributed by atoms with Gasteiger partial charge in [0.1, 0.15) is 5.75 Å². The van der Waals surface area contributed by atoms with E-state index in [9.17, 15) is 0 Å². The minimum Gasteiger partial charge on any atom is -0.497 e. The van der Waals surface area contributed by atoms with E-state index >= 15 is 0 Å². The summed E-state index contributed by atoms with van der Waals surface area (Å²) in [6, 6.07) is 9.04. The molecule has 1 fully saturated rings. The molecule has 3 heteroatoms. The third-order valence-corrected chi connectivity index (χ3v) is 4.54. The van der Waals surface area contributed by atoms with Crippen LogP contribution >= 0.6 is 11.8 Å². The summed E-state index contributed by atoms with van der Waals surface area (Å²) in [5.74, 6) is 2.21. The smallest absolute Gasteiger partial charge is 0.119 e. The molecular formula is C14H21NOS. The first-order valence-electron chi connectivity index (χ1n) is 6.26. The normalized spacial score (nSPS) is 23.9. The van der Waals surface area contributed by atoms with Gasteiger partial charge in [-0.05, 0) is 37.1 Å². The van der Waals surface area contributed by atoms with E-state index in [4.69, 9.17) is 4.74 Å². The lowest BCUT2D eigenvalue weighted by Gasteiger charge is -2.11. The second-order valence-electron chi connectivity index (χ2n) is 4.63. The van der Waals surface area contributed by atoms with Gasteiger partial charge in [0.2, 0.25) is 0 Å². The zero-order valence-electron chi connectivity index (χ0n) is 10.6. The van der Waals surface area contributed by atoms with Crippen LogP contribution in [0, 0.1) is 0 Å². The summed E-state index contributed by atoms with van der Waals surface area (Å²) in [5.41, 5.74) is 1.34. The molecule has 2 atom stereocenters. The van der Waals surface area contributed by atoms with Gasteiger partial charge in [-0.25, -0.2) is 0 Å². The second-order valence-corrected chi connectivity index (χ2v) is 6.10. The van der Waals surface area contributed by atoms with E-state index in [-0.39, 0.29) is 0 Å². The Morgan fingerprint density at radius 3 is 3.06 bits per heavy atom. The first-order valence-corrected chi connectivity index (χ1v) is 7.30. The maximum Gasteiger partial charge on any atom is 0.119 e. The molecule has 2 nitrogen and oxygen atoms in total. The number of hydrogen-bond acceptors (Lipinski definition) is 3. The Bertz CT molecular complexity index is 356. The molecule has 1 aliphatic heterocycles. The zero-order valence-corrected chi connectivity index (χ0v) is 11.4. The van der Waals surface area contributed by atoms with Crippen LogP contribution in [0.15, 0.2) is 24.3 Å². The van der Waals surface area contributed by atoms with Crippen LogP contribution in [0.25, 0.3) is 0 Å². The molecular weight excluding hydrogens is 230 g/mol. The molecule has 1 heterocycles. The van der Waals surface area contributed by atoms with Gasteiger partial charge >= 0.3 is 0 Å². The number of thioether (sulfide) groups is 1. The molecule has 0 spiro atoms. The molecule has 0 amide bonds. The van der Waals surface area contributed by atoms with Crippen LogP contribution in [0.4, 0.5) is 0 Å². The van der Waals surface area contributed by atoms with Crippen LogP contribution < -0.4 is 10.1 Å². The van der Waals surface area contributed by atoms with Crippen LogP contribution in [-0.2, 0) is 6.42 Å². The summed E-state index contributed by atoms with van der Waals surface area (Å²) in [5, 5.41) is 4.46. The van der Waals surface area contributed by atoms with E-state index in [0.29, 0.717) is 6.04 Å². The van der Waals surface area contributed by atoms with Gasteiger partial charge in [0.05, 0.1) is 7.11 Å². The Labute approximate surface area is 108 Å². The molecule has 1 aromatic carbocycles. The lowest BCUT2D eigenvalue weighted by atomic mass is 10.1. The average Bonchev–Trinajstić information content (AvgIpc) is 2.75. The Morgan fingerprint density at radius 2 is 2.35 bits per heavy atom. The van der Waals surface area contributed by atoms with Crippen molar-refractivity contribution >= 4 is 11.8 Å². The predicted molar refractivity (Wildman–Crippen MR) is 75.0 cm³/mol. The summed E-state index contributed by atoms with van der Waals surface area (Å²) in [7, 11) is 1.72. The van der Waals surface area contributed by atoms with Crippen molar-refractivity contribution in [3.63, 3.8) is 0 Å². The van der Waals surface area contributed by atoms with Gasteiger partial charge < -0.3 is 10.1 Å². The molecule has 1 N–H and O–H groups in total. The summed E-state index contributed by atoms with van der Waals surface area (Å²) in [6.45, 7) is 3.37. The highest BCUT2D eigenvalue weighted by Gasteiger charge is 2.20. The minimum atomic E-state index is 0.709. The van der Waals surface area contributed by atoms with E-state index in [2.05, 4.69) is 42.2 Å². The Kier molecular flexibility index (Phi) is 4.75. The van der Waals surface area contributed by atoms with Gasteiger partial charge in [-0.2, -0.15) is 11.8 Å². The standard InChI is InChI=1S/C14H21NOS/c1-11-8-13(10-17-11)15-7-6-12-4-3-5-14(9-12)16-2/h3-5,9,11,13,15H,6-8,10H2,1-2H3. The number of methoxy groups -OCH3 is 1. The molecule has 0 bridgehead atoms. The van der Waals surface area contributed by atoms with Gasteiger partial charge in [0, 0.05) is 17.0 Å². The highest BCUT2D eigenvalue weighted by atomic mass is 32.2. The van der Waals surface area contributed by atoms with E-state index in [1.165, 1.54) is 17.7 Å². The van der Waals surface area contributed by atoms with Gasteiger partial charge in [-0.15, -0.1) is 0 Å². The van der Waals surface area contributed by atoms with Crippen LogP contribution in [-0.4, -0.2) is 30.7 Å². The maximum absolute atomic E-state index is 5.22. The van der Waals surface area contributed by atoms with Crippen molar-refractivity contribution in [1.82, 2.24) is 5.32 Å². The van der Waals surface area contributed by atoms with Crippen molar-refractivity contribution in [2.45, 2.75) is 31.1 Å². The molecule has 17 heavy (non-hydrogen) atoms. The summed E-state index contributed by atoms with van der Waals surface area (Å²) in [4.78, 5) is 0. The molecule has 0 aliphatic carbocycles. The first kappa shape index (κ1) is 12.8. The SMILES string of the molecule is COc1cccc(CCNC2CSC(C)C2)c1. The van der Waals surface area contributed by atoms with E-state index < -0.39 is 0 Å².